The first-order chi connectivity index (χ1) is 9.79. The first kappa shape index (κ1) is 15.2. The van der Waals surface area contributed by atoms with E-state index in [0.29, 0.717) is 12.5 Å². The lowest BCUT2D eigenvalue weighted by atomic mass is 10.1. The number of halogens is 2. The number of alkyl halides is 1. The zero-order chi connectivity index (χ0) is 14.2. The lowest BCUT2D eigenvalue weighted by Gasteiger charge is -2.12. The van der Waals surface area contributed by atoms with Crippen molar-refractivity contribution in [2.75, 3.05) is 12.5 Å². The molecule has 0 atom stereocenters. The molecule has 0 heterocycles. The Balaban J connectivity index is 1.94. The maximum Gasteiger partial charge on any atom is 0.122 e. The van der Waals surface area contributed by atoms with Crippen LogP contribution in [0.5, 0.6) is 5.75 Å². The molecular formula is C17H18Cl2O. The van der Waals surface area contributed by atoms with Crippen molar-refractivity contribution in [1.29, 1.82) is 0 Å². The Bertz CT molecular complexity index is 526. The summed E-state index contributed by atoms with van der Waals surface area (Å²) in [6.45, 7) is 0.666. The Labute approximate surface area is 130 Å². The van der Waals surface area contributed by atoms with Crippen LogP contribution < -0.4 is 4.74 Å². The van der Waals surface area contributed by atoms with Crippen molar-refractivity contribution in [3.63, 3.8) is 0 Å². The summed E-state index contributed by atoms with van der Waals surface area (Å²) in [5.74, 6) is 1.56. The van der Waals surface area contributed by atoms with E-state index in [1.54, 1.807) is 0 Å². The quantitative estimate of drug-likeness (QED) is 0.644. The molecule has 0 amide bonds. The first-order valence-electron chi connectivity index (χ1n) is 6.80. The zero-order valence-corrected chi connectivity index (χ0v) is 12.8. The van der Waals surface area contributed by atoms with E-state index in [1.807, 2.05) is 36.4 Å². The highest BCUT2D eigenvalue weighted by Gasteiger charge is 2.05. The molecule has 20 heavy (non-hydrogen) atoms. The Morgan fingerprint density at radius 2 is 1.75 bits per heavy atom. The van der Waals surface area contributed by atoms with Crippen LogP contribution in [0.25, 0.3) is 0 Å². The van der Waals surface area contributed by atoms with E-state index in [-0.39, 0.29) is 0 Å². The summed E-state index contributed by atoms with van der Waals surface area (Å²) < 4.78 is 5.89. The van der Waals surface area contributed by atoms with Gasteiger partial charge in [-0.1, -0.05) is 41.9 Å². The van der Waals surface area contributed by atoms with Crippen LogP contribution in [0.3, 0.4) is 0 Å². The molecule has 0 spiro atoms. The number of aryl methyl sites for hydroxylation is 1. The zero-order valence-electron chi connectivity index (χ0n) is 11.3. The average Bonchev–Trinajstić information content (AvgIpc) is 2.48. The Morgan fingerprint density at radius 1 is 0.950 bits per heavy atom. The SMILES string of the molecule is ClCCCc1cc(Cl)ccc1OCCc1ccccc1. The van der Waals surface area contributed by atoms with E-state index in [9.17, 15) is 0 Å². The van der Waals surface area contributed by atoms with Gasteiger partial charge in [-0.15, -0.1) is 11.6 Å². The highest BCUT2D eigenvalue weighted by molar-refractivity contribution is 6.30. The molecule has 0 aliphatic rings. The maximum atomic E-state index is 6.04. The second-order valence-corrected chi connectivity index (χ2v) is 5.44. The Hall–Kier alpha value is -1.18. The fourth-order valence-electron chi connectivity index (χ4n) is 2.06. The van der Waals surface area contributed by atoms with E-state index < -0.39 is 0 Å². The van der Waals surface area contributed by atoms with Gasteiger partial charge >= 0.3 is 0 Å². The van der Waals surface area contributed by atoms with Crippen molar-refractivity contribution in [2.45, 2.75) is 19.3 Å². The fourth-order valence-corrected chi connectivity index (χ4v) is 2.39. The van der Waals surface area contributed by atoms with Crippen molar-refractivity contribution in [1.82, 2.24) is 0 Å². The second-order valence-electron chi connectivity index (χ2n) is 4.63. The molecule has 3 heteroatoms. The minimum absolute atomic E-state index is 0.649. The average molecular weight is 309 g/mol. The largest absolute Gasteiger partial charge is 0.493 e. The topological polar surface area (TPSA) is 9.23 Å². The van der Waals surface area contributed by atoms with E-state index in [1.165, 1.54) is 5.56 Å². The van der Waals surface area contributed by atoms with Gasteiger partial charge < -0.3 is 4.74 Å². The van der Waals surface area contributed by atoms with Gasteiger partial charge in [0.25, 0.3) is 0 Å². The van der Waals surface area contributed by atoms with Gasteiger partial charge in [0, 0.05) is 17.3 Å². The lowest BCUT2D eigenvalue weighted by molar-refractivity contribution is 0.318. The Kier molecular flexibility index (Phi) is 6.23. The summed E-state index contributed by atoms with van der Waals surface area (Å²) in [7, 11) is 0. The van der Waals surface area contributed by atoms with Crippen LogP contribution in [-0.4, -0.2) is 12.5 Å². The molecule has 0 unspecified atom stereocenters. The van der Waals surface area contributed by atoms with Gasteiger partial charge in [0.15, 0.2) is 0 Å². The van der Waals surface area contributed by atoms with Crippen LogP contribution >= 0.6 is 23.2 Å². The van der Waals surface area contributed by atoms with Gasteiger partial charge in [-0.2, -0.15) is 0 Å². The number of hydrogen-bond acceptors (Lipinski definition) is 1. The summed E-state index contributed by atoms with van der Waals surface area (Å²) in [6.07, 6.45) is 2.72. The van der Waals surface area contributed by atoms with Crippen LogP contribution in [0.2, 0.25) is 5.02 Å². The third-order valence-corrected chi connectivity index (χ3v) is 3.60. The molecule has 0 saturated heterocycles. The summed E-state index contributed by atoms with van der Waals surface area (Å²) >= 11 is 11.8. The number of hydrogen-bond donors (Lipinski definition) is 0. The van der Waals surface area contributed by atoms with Gasteiger partial charge in [-0.3, -0.25) is 0 Å². The molecule has 2 aromatic rings. The molecule has 0 bridgehead atoms. The predicted octanol–water partition coefficient (Wildman–Crippen LogP) is 5.13. The first-order valence-corrected chi connectivity index (χ1v) is 7.72. The van der Waals surface area contributed by atoms with Crippen molar-refractivity contribution in [2.24, 2.45) is 0 Å². The fraction of sp³-hybridized carbons (Fsp3) is 0.294. The molecule has 0 fully saturated rings. The van der Waals surface area contributed by atoms with Gasteiger partial charge in [0.1, 0.15) is 5.75 Å². The van der Waals surface area contributed by atoms with E-state index in [0.717, 1.165) is 35.6 Å². The minimum atomic E-state index is 0.649. The number of rotatable bonds is 7. The highest BCUT2D eigenvalue weighted by Crippen LogP contribution is 2.24. The van der Waals surface area contributed by atoms with Gasteiger partial charge in [-0.05, 0) is 42.2 Å². The summed E-state index contributed by atoms with van der Waals surface area (Å²) in [4.78, 5) is 0. The van der Waals surface area contributed by atoms with Gasteiger partial charge in [-0.25, -0.2) is 0 Å². The summed E-state index contributed by atoms with van der Waals surface area (Å²) in [5, 5.41) is 0.741. The molecule has 0 aliphatic heterocycles. The van der Waals surface area contributed by atoms with Gasteiger partial charge in [0.05, 0.1) is 6.61 Å². The maximum absolute atomic E-state index is 6.04. The molecular weight excluding hydrogens is 291 g/mol. The van der Waals surface area contributed by atoms with Crippen LogP contribution in [-0.2, 0) is 12.8 Å². The third-order valence-electron chi connectivity index (χ3n) is 3.09. The van der Waals surface area contributed by atoms with E-state index >= 15 is 0 Å². The highest BCUT2D eigenvalue weighted by atomic mass is 35.5. The van der Waals surface area contributed by atoms with Crippen molar-refractivity contribution < 1.29 is 4.74 Å². The summed E-state index contributed by atoms with van der Waals surface area (Å²) in [6, 6.07) is 16.1. The predicted molar refractivity (Wildman–Crippen MR) is 86.1 cm³/mol. The lowest BCUT2D eigenvalue weighted by Crippen LogP contribution is -2.03. The molecule has 2 aromatic carbocycles. The molecule has 0 aliphatic carbocycles. The molecule has 106 valence electrons. The standard InChI is InChI=1S/C17H18Cl2O/c18-11-4-7-15-13-16(19)8-9-17(15)20-12-10-14-5-2-1-3-6-14/h1-3,5-6,8-9,13H,4,7,10-12H2. The molecule has 0 saturated carbocycles. The van der Waals surface area contributed by atoms with Gasteiger partial charge in [0.2, 0.25) is 0 Å². The van der Waals surface area contributed by atoms with Crippen molar-refractivity contribution in [3.05, 3.63) is 64.7 Å². The van der Waals surface area contributed by atoms with Crippen molar-refractivity contribution >= 4 is 23.2 Å². The van der Waals surface area contributed by atoms with E-state index in [2.05, 4.69) is 12.1 Å². The van der Waals surface area contributed by atoms with Crippen LogP contribution in [0.1, 0.15) is 17.5 Å². The van der Waals surface area contributed by atoms with Crippen molar-refractivity contribution in [3.8, 4) is 5.75 Å². The van der Waals surface area contributed by atoms with Crippen LogP contribution in [0, 0.1) is 0 Å². The molecule has 0 aromatic heterocycles. The molecule has 0 N–H and O–H groups in total. The van der Waals surface area contributed by atoms with E-state index in [4.69, 9.17) is 27.9 Å². The number of benzene rings is 2. The molecule has 0 radical (unpaired) electrons. The van der Waals surface area contributed by atoms with Crippen LogP contribution in [0.4, 0.5) is 0 Å². The summed E-state index contributed by atoms with van der Waals surface area (Å²) in [5.41, 5.74) is 2.41. The Morgan fingerprint density at radius 3 is 2.50 bits per heavy atom. The number of ether oxygens (including phenoxy) is 1. The monoisotopic (exact) mass is 308 g/mol. The smallest absolute Gasteiger partial charge is 0.122 e. The normalized spacial score (nSPS) is 10.5. The third kappa shape index (κ3) is 4.73. The second kappa shape index (κ2) is 8.18. The molecule has 2 rings (SSSR count). The minimum Gasteiger partial charge on any atom is -0.493 e. The van der Waals surface area contributed by atoms with Crippen LogP contribution in [0.15, 0.2) is 48.5 Å². The molecule has 1 nitrogen and oxygen atoms in total.